The van der Waals surface area contributed by atoms with Crippen molar-refractivity contribution in [2.45, 2.75) is 13.5 Å². The van der Waals surface area contributed by atoms with Gasteiger partial charge in [0.2, 0.25) is 0 Å². The number of aryl methyl sites for hydroxylation is 1. The lowest BCUT2D eigenvalue weighted by Gasteiger charge is -2.10. The third kappa shape index (κ3) is 4.00. The SMILES string of the molecule is Cc1cc(Nc2nccn3c(-c4ccc(OC(F)F)c(F)c4)cnc23)ccc1C(=O)O. The Kier molecular flexibility index (Phi) is 5.20. The number of nitrogens with one attached hydrogen (secondary N) is 1. The van der Waals surface area contributed by atoms with E-state index in [1.165, 1.54) is 24.5 Å². The Labute approximate surface area is 173 Å². The number of imidazole rings is 1. The summed E-state index contributed by atoms with van der Waals surface area (Å²) in [6, 6.07) is 8.44. The van der Waals surface area contributed by atoms with Crippen LogP contribution in [0.15, 0.2) is 55.0 Å². The standard InChI is InChI=1S/C21H15F3N4O3/c1-11-8-13(3-4-14(11)20(29)30)27-18-19-26-10-16(28(19)7-6-25-18)12-2-5-17(15(22)9-12)31-21(23)24/h2-10,21H,1H3,(H,25,27)(H,29,30). The van der Waals surface area contributed by atoms with E-state index in [1.807, 2.05) is 0 Å². The predicted octanol–water partition coefficient (Wildman–Crippen LogP) is 4.89. The average Bonchev–Trinajstić information content (AvgIpc) is 3.14. The normalized spacial score (nSPS) is 11.1. The van der Waals surface area contributed by atoms with E-state index >= 15 is 0 Å². The monoisotopic (exact) mass is 428 g/mol. The highest BCUT2D eigenvalue weighted by atomic mass is 19.3. The van der Waals surface area contributed by atoms with Crippen molar-refractivity contribution < 1.29 is 27.8 Å². The summed E-state index contributed by atoms with van der Waals surface area (Å²) in [6.45, 7) is -1.43. The Hall–Kier alpha value is -4.08. The maximum atomic E-state index is 14.1. The number of carboxylic acid groups (broad SMARTS) is 1. The minimum absolute atomic E-state index is 0.195. The van der Waals surface area contributed by atoms with Gasteiger partial charge >= 0.3 is 12.6 Å². The van der Waals surface area contributed by atoms with Crippen LogP contribution in [0.3, 0.4) is 0 Å². The minimum atomic E-state index is -3.12. The molecule has 0 spiro atoms. The number of benzene rings is 2. The van der Waals surface area contributed by atoms with Gasteiger partial charge < -0.3 is 15.2 Å². The highest BCUT2D eigenvalue weighted by Gasteiger charge is 2.15. The summed E-state index contributed by atoms with van der Waals surface area (Å²) in [5.74, 6) is -2.08. The van der Waals surface area contributed by atoms with Crippen LogP contribution in [0.1, 0.15) is 15.9 Å². The van der Waals surface area contributed by atoms with Gasteiger partial charge in [0.05, 0.1) is 17.5 Å². The predicted molar refractivity (Wildman–Crippen MR) is 106 cm³/mol. The maximum absolute atomic E-state index is 14.1. The summed E-state index contributed by atoms with van der Waals surface area (Å²) in [5, 5.41) is 12.3. The third-order valence-electron chi connectivity index (χ3n) is 4.59. The number of carboxylic acids is 1. The molecule has 0 saturated carbocycles. The number of nitrogens with zero attached hydrogens (tertiary/aromatic N) is 3. The summed E-state index contributed by atoms with van der Waals surface area (Å²) >= 11 is 0. The van der Waals surface area contributed by atoms with Crippen molar-refractivity contribution >= 4 is 23.1 Å². The van der Waals surface area contributed by atoms with Crippen LogP contribution in [-0.2, 0) is 0 Å². The number of alkyl halides is 2. The fourth-order valence-electron chi connectivity index (χ4n) is 3.19. The summed E-state index contributed by atoms with van der Waals surface area (Å²) in [7, 11) is 0. The molecule has 0 radical (unpaired) electrons. The number of hydrogen-bond donors (Lipinski definition) is 2. The molecule has 4 aromatic rings. The molecule has 0 aliphatic carbocycles. The topological polar surface area (TPSA) is 88.8 Å². The van der Waals surface area contributed by atoms with E-state index in [4.69, 9.17) is 5.11 Å². The Morgan fingerprint density at radius 2 is 2.00 bits per heavy atom. The smallest absolute Gasteiger partial charge is 0.387 e. The summed E-state index contributed by atoms with van der Waals surface area (Å²) in [5.41, 5.74) is 2.75. The first kappa shape index (κ1) is 20.2. The van der Waals surface area contributed by atoms with Crippen LogP contribution in [0.2, 0.25) is 0 Å². The van der Waals surface area contributed by atoms with Crippen molar-refractivity contribution in [1.29, 1.82) is 0 Å². The lowest BCUT2D eigenvalue weighted by atomic mass is 10.1. The van der Waals surface area contributed by atoms with Crippen molar-refractivity contribution in [2.75, 3.05) is 5.32 Å². The van der Waals surface area contributed by atoms with Gasteiger partial charge in [0.15, 0.2) is 23.0 Å². The average molecular weight is 428 g/mol. The lowest BCUT2D eigenvalue weighted by Crippen LogP contribution is -2.04. The molecular weight excluding hydrogens is 413 g/mol. The van der Waals surface area contributed by atoms with Crippen molar-refractivity contribution in [3.05, 3.63) is 71.9 Å². The maximum Gasteiger partial charge on any atom is 0.387 e. The zero-order chi connectivity index (χ0) is 22.1. The van der Waals surface area contributed by atoms with Crippen LogP contribution < -0.4 is 10.1 Å². The molecule has 4 rings (SSSR count). The molecule has 0 unspecified atom stereocenters. The molecule has 0 atom stereocenters. The molecule has 2 aromatic carbocycles. The van der Waals surface area contributed by atoms with Gasteiger partial charge in [0, 0.05) is 23.6 Å². The van der Waals surface area contributed by atoms with Gasteiger partial charge in [0.25, 0.3) is 0 Å². The van der Waals surface area contributed by atoms with Crippen LogP contribution >= 0.6 is 0 Å². The molecule has 31 heavy (non-hydrogen) atoms. The van der Waals surface area contributed by atoms with Gasteiger partial charge in [-0.05, 0) is 48.9 Å². The molecule has 0 fully saturated rings. The van der Waals surface area contributed by atoms with Crippen LogP contribution in [0, 0.1) is 12.7 Å². The number of hydrogen-bond acceptors (Lipinski definition) is 5. The van der Waals surface area contributed by atoms with E-state index in [-0.39, 0.29) is 5.56 Å². The van der Waals surface area contributed by atoms with E-state index < -0.39 is 24.1 Å². The molecule has 0 amide bonds. The van der Waals surface area contributed by atoms with Gasteiger partial charge in [-0.3, -0.25) is 4.40 Å². The molecular formula is C21H15F3N4O3. The van der Waals surface area contributed by atoms with Gasteiger partial charge in [-0.15, -0.1) is 0 Å². The largest absolute Gasteiger partial charge is 0.478 e. The van der Waals surface area contributed by atoms with Gasteiger partial charge in [-0.25, -0.2) is 19.2 Å². The molecule has 0 aliphatic rings. The fraction of sp³-hybridized carbons (Fsp3) is 0.0952. The fourth-order valence-corrected chi connectivity index (χ4v) is 3.19. The Balaban J connectivity index is 1.68. The molecule has 7 nitrogen and oxygen atoms in total. The number of rotatable bonds is 6. The first-order valence-electron chi connectivity index (χ1n) is 9.01. The van der Waals surface area contributed by atoms with Crippen molar-refractivity contribution in [2.24, 2.45) is 0 Å². The molecule has 2 N–H and O–H groups in total. The highest BCUT2D eigenvalue weighted by Crippen LogP contribution is 2.29. The first-order valence-corrected chi connectivity index (χ1v) is 9.01. The van der Waals surface area contributed by atoms with E-state index in [0.29, 0.717) is 34.0 Å². The molecule has 158 valence electrons. The Bertz CT molecular complexity index is 1290. The second-order valence-corrected chi connectivity index (χ2v) is 6.60. The molecule has 0 saturated heterocycles. The molecule has 2 heterocycles. The number of aromatic nitrogens is 3. The van der Waals surface area contributed by atoms with Crippen molar-refractivity contribution in [3.63, 3.8) is 0 Å². The minimum Gasteiger partial charge on any atom is -0.478 e. The van der Waals surface area contributed by atoms with Crippen LogP contribution in [-0.4, -0.2) is 32.1 Å². The first-order chi connectivity index (χ1) is 14.8. The molecule has 2 aromatic heterocycles. The highest BCUT2D eigenvalue weighted by molar-refractivity contribution is 5.90. The Morgan fingerprint density at radius 1 is 1.19 bits per heavy atom. The quantitative estimate of drug-likeness (QED) is 0.455. The second-order valence-electron chi connectivity index (χ2n) is 6.60. The van der Waals surface area contributed by atoms with Crippen molar-refractivity contribution in [3.8, 4) is 17.0 Å². The summed E-state index contributed by atoms with van der Waals surface area (Å²) in [4.78, 5) is 19.8. The number of carbonyl (C=O) groups is 1. The van der Waals surface area contributed by atoms with Crippen LogP contribution in [0.4, 0.5) is 24.7 Å². The zero-order valence-electron chi connectivity index (χ0n) is 16.0. The molecule has 10 heteroatoms. The number of halogens is 3. The van der Waals surface area contributed by atoms with Crippen molar-refractivity contribution in [1.82, 2.24) is 14.4 Å². The zero-order valence-corrected chi connectivity index (χ0v) is 16.0. The summed E-state index contributed by atoms with van der Waals surface area (Å²) in [6.07, 6.45) is 4.65. The number of fused-ring (bicyclic) bond motifs is 1. The number of ether oxygens (including phenoxy) is 1. The van der Waals surface area contributed by atoms with E-state index in [1.54, 1.807) is 29.7 Å². The van der Waals surface area contributed by atoms with E-state index in [0.717, 1.165) is 12.1 Å². The third-order valence-corrected chi connectivity index (χ3v) is 4.59. The van der Waals surface area contributed by atoms with Crippen LogP contribution in [0.5, 0.6) is 5.75 Å². The number of aromatic carboxylic acids is 1. The molecule has 0 bridgehead atoms. The number of anilines is 2. The second kappa shape index (κ2) is 7.98. The van der Waals surface area contributed by atoms with Crippen LogP contribution in [0.25, 0.3) is 16.9 Å². The van der Waals surface area contributed by atoms with Gasteiger partial charge in [-0.1, -0.05) is 0 Å². The Morgan fingerprint density at radius 3 is 2.68 bits per heavy atom. The van der Waals surface area contributed by atoms with E-state index in [9.17, 15) is 18.0 Å². The lowest BCUT2D eigenvalue weighted by molar-refractivity contribution is -0.0521. The van der Waals surface area contributed by atoms with Gasteiger partial charge in [-0.2, -0.15) is 8.78 Å². The van der Waals surface area contributed by atoms with E-state index in [2.05, 4.69) is 20.0 Å². The summed E-state index contributed by atoms with van der Waals surface area (Å²) < 4.78 is 44.6. The van der Waals surface area contributed by atoms with Gasteiger partial charge in [0.1, 0.15) is 0 Å². The molecule has 0 aliphatic heterocycles.